The Morgan fingerprint density at radius 3 is 2.59 bits per heavy atom. The Balaban J connectivity index is 1.60. The number of carbonyl (C=O) groups is 1. The fourth-order valence-electron chi connectivity index (χ4n) is 3.64. The van der Waals surface area contributed by atoms with Crippen LogP contribution in [-0.4, -0.2) is 47.0 Å². The molecular formula is C23H23F3N4O3S. The number of carbonyl (C=O) groups excluding carboxylic acids is 1. The second kappa shape index (κ2) is 9.67. The number of amides is 1. The fourth-order valence-corrected chi connectivity index (χ4v) is 4.52. The lowest BCUT2D eigenvalue weighted by Gasteiger charge is -2.31. The van der Waals surface area contributed by atoms with Gasteiger partial charge in [0.15, 0.2) is 5.16 Å². The van der Waals surface area contributed by atoms with Crippen molar-refractivity contribution in [3.05, 3.63) is 58.4 Å². The monoisotopic (exact) mass is 492 g/mol. The van der Waals surface area contributed by atoms with Gasteiger partial charge >= 0.3 is 6.18 Å². The lowest BCUT2D eigenvalue weighted by molar-refractivity contribution is -0.137. The van der Waals surface area contributed by atoms with E-state index < -0.39 is 22.9 Å². The van der Waals surface area contributed by atoms with E-state index in [0.717, 1.165) is 23.9 Å². The lowest BCUT2D eigenvalue weighted by atomic mass is 10.1. The Morgan fingerprint density at radius 2 is 1.88 bits per heavy atom. The molecule has 0 radical (unpaired) electrons. The normalized spacial score (nSPS) is 15.4. The van der Waals surface area contributed by atoms with Crippen LogP contribution in [0.15, 0.2) is 52.4 Å². The Labute approximate surface area is 197 Å². The van der Waals surface area contributed by atoms with Crippen LogP contribution in [0.25, 0.3) is 10.9 Å². The highest BCUT2D eigenvalue weighted by molar-refractivity contribution is 8.00. The molecule has 7 nitrogen and oxygen atoms in total. The maximum absolute atomic E-state index is 13.3. The summed E-state index contributed by atoms with van der Waals surface area (Å²) in [5.41, 5.74) is -0.00676. The number of para-hydroxylation sites is 1. The zero-order chi connectivity index (χ0) is 24.5. The van der Waals surface area contributed by atoms with Crippen molar-refractivity contribution in [1.82, 2.24) is 9.55 Å². The molecule has 180 valence electrons. The average Bonchev–Trinajstić information content (AvgIpc) is 2.82. The number of anilines is 2. The topological polar surface area (TPSA) is 76.5 Å². The summed E-state index contributed by atoms with van der Waals surface area (Å²) in [7, 11) is 1.57. The van der Waals surface area contributed by atoms with Gasteiger partial charge in [-0.05, 0) is 37.3 Å². The summed E-state index contributed by atoms with van der Waals surface area (Å²) in [5, 5.41) is 2.72. The Kier molecular flexibility index (Phi) is 6.85. The first-order valence-corrected chi connectivity index (χ1v) is 11.5. The van der Waals surface area contributed by atoms with Crippen molar-refractivity contribution in [2.75, 3.05) is 36.5 Å². The SMILES string of the molecule is CC(Sc1nc2ccccc2c(=O)n1C)C(=O)Nc1cc(C(F)(F)F)ccc1N1CCOCC1. The minimum atomic E-state index is -4.54. The van der Waals surface area contributed by atoms with E-state index in [-0.39, 0.29) is 11.2 Å². The number of rotatable bonds is 5. The lowest BCUT2D eigenvalue weighted by Crippen LogP contribution is -2.37. The van der Waals surface area contributed by atoms with Crippen molar-refractivity contribution in [2.45, 2.75) is 23.5 Å². The van der Waals surface area contributed by atoms with Gasteiger partial charge in [0, 0.05) is 20.1 Å². The third-order valence-corrected chi connectivity index (χ3v) is 6.67. The van der Waals surface area contributed by atoms with Crippen molar-refractivity contribution in [1.29, 1.82) is 0 Å². The highest BCUT2D eigenvalue weighted by Gasteiger charge is 2.32. The molecule has 34 heavy (non-hydrogen) atoms. The first kappa shape index (κ1) is 24.1. The molecule has 1 aliphatic heterocycles. The second-order valence-corrected chi connectivity index (χ2v) is 9.16. The number of nitrogens with zero attached hydrogens (tertiary/aromatic N) is 3. The molecule has 0 aliphatic carbocycles. The highest BCUT2D eigenvalue weighted by Crippen LogP contribution is 2.36. The quantitative estimate of drug-likeness (QED) is 0.430. The van der Waals surface area contributed by atoms with Crippen molar-refractivity contribution in [2.24, 2.45) is 7.05 Å². The molecule has 2 aromatic carbocycles. The smallest absolute Gasteiger partial charge is 0.378 e. The molecule has 1 N–H and O–H groups in total. The number of hydrogen-bond acceptors (Lipinski definition) is 6. The summed E-state index contributed by atoms with van der Waals surface area (Å²) in [4.78, 5) is 32.0. The van der Waals surface area contributed by atoms with Crippen LogP contribution in [0.2, 0.25) is 0 Å². The number of thioether (sulfide) groups is 1. The molecule has 4 rings (SSSR count). The van der Waals surface area contributed by atoms with Gasteiger partial charge in [0.25, 0.3) is 5.56 Å². The summed E-state index contributed by atoms with van der Waals surface area (Å²) < 4.78 is 46.7. The first-order chi connectivity index (χ1) is 16.1. The summed E-state index contributed by atoms with van der Waals surface area (Å²) in [5.74, 6) is -0.499. The molecule has 0 bridgehead atoms. The largest absolute Gasteiger partial charge is 0.416 e. The van der Waals surface area contributed by atoms with Gasteiger partial charge in [-0.3, -0.25) is 14.2 Å². The van der Waals surface area contributed by atoms with E-state index in [4.69, 9.17) is 4.74 Å². The molecular weight excluding hydrogens is 469 g/mol. The molecule has 3 aromatic rings. The molecule has 2 heterocycles. The van der Waals surface area contributed by atoms with Crippen molar-refractivity contribution >= 4 is 39.9 Å². The molecule has 11 heteroatoms. The van der Waals surface area contributed by atoms with E-state index >= 15 is 0 Å². The number of aromatic nitrogens is 2. The molecule has 1 saturated heterocycles. The minimum absolute atomic E-state index is 0.0783. The van der Waals surface area contributed by atoms with E-state index in [1.807, 2.05) is 4.90 Å². The second-order valence-electron chi connectivity index (χ2n) is 7.85. The minimum Gasteiger partial charge on any atom is -0.378 e. The van der Waals surface area contributed by atoms with Crippen LogP contribution in [0.1, 0.15) is 12.5 Å². The number of ether oxygens (including phenoxy) is 1. The number of alkyl halides is 3. The molecule has 1 aromatic heterocycles. The van der Waals surface area contributed by atoms with Gasteiger partial charge in [0.05, 0.1) is 46.3 Å². The van der Waals surface area contributed by atoms with Crippen LogP contribution >= 0.6 is 11.8 Å². The summed E-state index contributed by atoms with van der Waals surface area (Å²) in [6.07, 6.45) is -4.54. The third kappa shape index (κ3) is 5.05. The molecule has 1 fully saturated rings. The Hall–Kier alpha value is -3.05. The van der Waals surface area contributed by atoms with Crippen LogP contribution in [0.4, 0.5) is 24.5 Å². The van der Waals surface area contributed by atoms with Crippen LogP contribution in [-0.2, 0) is 22.8 Å². The molecule has 1 atom stereocenters. The summed E-state index contributed by atoms with van der Waals surface area (Å²) in [6, 6.07) is 10.2. The standard InChI is InChI=1S/C23H23F3N4O3S/c1-14(34-22-28-17-6-4-3-5-16(17)21(32)29(22)2)20(31)27-18-13-15(23(24,25)26)7-8-19(18)30-9-11-33-12-10-30/h3-8,13-14H,9-12H2,1-2H3,(H,27,31). The Bertz CT molecular complexity index is 1270. The van der Waals surface area contributed by atoms with Gasteiger partial charge in [-0.25, -0.2) is 4.98 Å². The van der Waals surface area contributed by atoms with E-state index in [1.54, 1.807) is 38.2 Å². The Morgan fingerprint density at radius 1 is 1.18 bits per heavy atom. The first-order valence-electron chi connectivity index (χ1n) is 10.6. The maximum Gasteiger partial charge on any atom is 0.416 e. The number of halogens is 3. The fraction of sp³-hybridized carbons (Fsp3) is 0.348. The predicted molar refractivity (Wildman–Crippen MR) is 125 cm³/mol. The van der Waals surface area contributed by atoms with Crippen LogP contribution in [0, 0.1) is 0 Å². The summed E-state index contributed by atoms with van der Waals surface area (Å²) in [6.45, 7) is 3.51. The van der Waals surface area contributed by atoms with Crippen molar-refractivity contribution in [3.8, 4) is 0 Å². The number of hydrogen-bond donors (Lipinski definition) is 1. The van der Waals surface area contributed by atoms with Crippen molar-refractivity contribution < 1.29 is 22.7 Å². The number of morpholine rings is 1. The van der Waals surface area contributed by atoms with E-state index in [2.05, 4.69) is 10.3 Å². The van der Waals surface area contributed by atoms with Crippen molar-refractivity contribution in [3.63, 3.8) is 0 Å². The molecule has 0 saturated carbocycles. The van der Waals surface area contributed by atoms with Crippen LogP contribution < -0.4 is 15.8 Å². The number of nitrogens with one attached hydrogen (secondary N) is 1. The van der Waals surface area contributed by atoms with Crippen LogP contribution in [0.3, 0.4) is 0 Å². The van der Waals surface area contributed by atoms with Gasteiger partial charge in [-0.1, -0.05) is 23.9 Å². The van der Waals surface area contributed by atoms with Gasteiger partial charge in [-0.15, -0.1) is 0 Å². The van der Waals surface area contributed by atoms with E-state index in [0.29, 0.717) is 48.1 Å². The maximum atomic E-state index is 13.3. The number of fused-ring (bicyclic) bond motifs is 1. The zero-order valence-electron chi connectivity index (χ0n) is 18.6. The molecule has 1 unspecified atom stereocenters. The van der Waals surface area contributed by atoms with E-state index in [9.17, 15) is 22.8 Å². The molecule has 0 spiro atoms. The van der Waals surface area contributed by atoms with Gasteiger partial charge in [0.2, 0.25) is 5.91 Å². The predicted octanol–water partition coefficient (Wildman–Crippen LogP) is 3.91. The highest BCUT2D eigenvalue weighted by atomic mass is 32.2. The number of benzene rings is 2. The van der Waals surface area contributed by atoms with Gasteiger partial charge in [-0.2, -0.15) is 13.2 Å². The van der Waals surface area contributed by atoms with Crippen LogP contribution in [0.5, 0.6) is 0 Å². The third-order valence-electron chi connectivity index (χ3n) is 5.53. The molecule has 1 aliphatic rings. The average molecular weight is 493 g/mol. The summed E-state index contributed by atoms with van der Waals surface area (Å²) >= 11 is 1.06. The van der Waals surface area contributed by atoms with E-state index in [1.165, 1.54) is 10.6 Å². The van der Waals surface area contributed by atoms with Gasteiger partial charge < -0.3 is 15.0 Å². The zero-order valence-corrected chi connectivity index (χ0v) is 19.4. The van der Waals surface area contributed by atoms with Gasteiger partial charge in [0.1, 0.15) is 0 Å². The molecule has 1 amide bonds.